The number of ether oxygens (including phenoxy) is 1. The maximum absolute atomic E-state index is 11.3. The molecule has 0 bridgehead atoms. The van der Waals surface area contributed by atoms with Gasteiger partial charge in [-0.2, -0.15) is 16.8 Å². The first-order valence-corrected chi connectivity index (χ1v) is 7.49. The normalized spacial score (nSPS) is 24.9. The predicted octanol–water partition coefficient (Wildman–Crippen LogP) is -3.78. The van der Waals surface area contributed by atoms with E-state index in [4.69, 9.17) is 9.66 Å². The zero-order valence-corrected chi connectivity index (χ0v) is 11.3. The molecule has 3 N–H and O–H groups in total. The van der Waals surface area contributed by atoms with E-state index in [1.54, 1.807) is 0 Å². The van der Waals surface area contributed by atoms with E-state index in [0.29, 0.717) is 0 Å². The van der Waals surface area contributed by atoms with E-state index in [2.05, 4.69) is 17.6 Å². The van der Waals surface area contributed by atoms with Crippen LogP contribution >= 0.6 is 0 Å². The highest BCUT2D eigenvalue weighted by Crippen LogP contribution is 2.21. The predicted molar refractivity (Wildman–Crippen MR) is 55.5 cm³/mol. The number of rotatable bonds is 7. The molecule has 0 radical (unpaired) electrons. The molecule has 0 aliphatic carbocycles. The number of aliphatic hydroxyl groups is 2. The molecule has 1 aliphatic heterocycles. The molecule has 0 aromatic heterocycles. The standard InChI is InChI=1S/C6H8O13S2/c7-1-2(8)4-5(3(9)6(10)16-4)17-21(14,15)19-18-20(11,12)13/h2,4-5,7-8H,1H2,(H,11,12,13)/t2-,4+,5?/m0/s1. The van der Waals surface area contributed by atoms with Crippen LogP contribution in [0, 0.1) is 0 Å². The van der Waals surface area contributed by atoms with Crippen LogP contribution in [0.5, 0.6) is 0 Å². The lowest BCUT2D eigenvalue weighted by Gasteiger charge is -2.19. The van der Waals surface area contributed by atoms with Crippen LogP contribution in [-0.4, -0.2) is 68.3 Å². The fraction of sp³-hybridized carbons (Fsp3) is 0.667. The largest absolute Gasteiger partial charge is 0.450 e. The number of aliphatic hydroxyl groups excluding tert-OH is 2. The van der Waals surface area contributed by atoms with Crippen molar-refractivity contribution in [1.82, 2.24) is 0 Å². The second-order valence-corrected chi connectivity index (χ2v) is 5.61. The van der Waals surface area contributed by atoms with Crippen molar-refractivity contribution in [2.45, 2.75) is 18.3 Å². The van der Waals surface area contributed by atoms with Gasteiger partial charge in [-0.1, -0.05) is 8.67 Å². The molecular weight excluding hydrogens is 344 g/mol. The average molecular weight is 352 g/mol. The lowest BCUT2D eigenvalue weighted by atomic mass is 10.1. The molecule has 122 valence electrons. The zero-order valence-electron chi connectivity index (χ0n) is 9.68. The third-order valence-electron chi connectivity index (χ3n) is 1.99. The second kappa shape index (κ2) is 6.28. The quantitative estimate of drug-likeness (QED) is 0.133. The topological polar surface area (TPSA) is 200 Å². The minimum Gasteiger partial charge on any atom is -0.450 e. The molecule has 1 heterocycles. The molecule has 1 fully saturated rings. The number of hydrogen-bond acceptors (Lipinski definition) is 12. The first-order valence-electron chi connectivity index (χ1n) is 4.79. The fourth-order valence-electron chi connectivity index (χ4n) is 1.20. The first-order chi connectivity index (χ1) is 9.47. The van der Waals surface area contributed by atoms with Crippen LogP contribution in [0.1, 0.15) is 0 Å². The maximum atomic E-state index is 11.3. The van der Waals surface area contributed by atoms with Crippen molar-refractivity contribution in [3.8, 4) is 0 Å². The van der Waals surface area contributed by atoms with Gasteiger partial charge in [-0.3, -0.25) is 9.35 Å². The molecule has 0 saturated carbocycles. The van der Waals surface area contributed by atoms with E-state index in [9.17, 15) is 31.5 Å². The van der Waals surface area contributed by atoms with Gasteiger partial charge in [0.1, 0.15) is 6.10 Å². The Labute approximate surface area is 117 Å². The van der Waals surface area contributed by atoms with Crippen molar-refractivity contribution in [2.75, 3.05) is 6.61 Å². The van der Waals surface area contributed by atoms with E-state index >= 15 is 0 Å². The molecule has 13 nitrogen and oxygen atoms in total. The summed E-state index contributed by atoms with van der Waals surface area (Å²) in [4.78, 5) is 22.3. The molecule has 1 unspecified atom stereocenters. The Morgan fingerprint density at radius 3 is 2.24 bits per heavy atom. The Morgan fingerprint density at radius 1 is 1.19 bits per heavy atom. The van der Waals surface area contributed by atoms with Crippen molar-refractivity contribution in [1.29, 1.82) is 0 Å². The third kappa shape index (κ3) is 4.93. The SMILES string of the molecule is O=C1O[C@H]([C@@H](O)CO)C(OS(=O)(=O)OOS(=O)(=O)O)C1=O. The van der Waals surface area contributed by atoms with Gasteiger partial charge in [0.15, 0.2) is 12.2 Å². The lowest BCUT2D eigenvalue weighted by Crippen LogP contribution is -2.42. The molecule has 1 saturated heterocycles. The van der Waals surface area contributed by atoms with Crippen molar-refractivity contribution in [3.63, 3.8) is 0 Å². The van der Waals surface area contributed by atoms with Gasteiger partial charge >= 0.3 is 26.8 Å². The molecule has 15 heteroatoms. The van der Waals surface area contributed by atoms with Crippen LogP contribution in [0.3, 0.4) is 0 Å². The lowest BCUT2D eigenvalue weighted by molar-refractivity contribution is -0.152. The van der Waals surface area contributed by atoms with Crippen molar-refractivity contribution < 1.29 is 58.8 Å². The van der Waals surface area contributed by atoms with Crippen LogP contribution in [0.2, 0.25) is 0 Å². The molecule has 1 aliphatic rings. The number of cyclic esters (lactones) is 1. The van der Waals surface area contributed by atoms with E-state index in [-0.39, 0.29) is 0 Å². The van der Waals surface area contributed by atoms with Gasteiger partial charge < -0.3 is 14.9 Å². The van der Waals surface area contributed by atoms with Crippen molar-refractivity contribution in [2.24, 2.45) is 0 Å². The molecular formula is C6H8O13S2. The van der Waals surface area contributed by atoms with Gasteiger partial charge in [-0.15, -0.1) is 0 Å². The number of Topliss-reactive ketones (excluding diaryl/α,β-unsaturated/α-hetero) is 1. The molecule has 3 atom stereocenters. The summed E-state index contributed by atoms with van der Waals surface area (Å²) < 4.78 is 65.2. The van der Waals surface area contributed by atoms with Crippen LogP contribution < -0.4 is 0 Å². The molecule has 0 amide bonds. The van der Waals surface area contributed by atoms with Crippen LogP contribution in [0.15, 0.2) is 0 Å². The highest BCUT2D eigenvalue weighted by atomic mass is 32.3. The second-order valence-electron chi connectivity index (χ2n) is 3.47. The van der Waals surface area contributed by atoms with Gasteiger partial charge in [-0.25, -0.2) is 8.98 Å². The Hall–Kier alpha value is -1.20. The summed E-state index contributed by atoms with van der Waals surface area (Å²) in [6.45, 7) is -1.01. The monoisotopic (exact) mass is 352 g/mol. The Morgan fingerprint density at radius 2 is 1.76 bits per heavy atom. The van der Waals surface area contributed by atoms with Gasteiger partial charge in [0.25, 0.3) is 5.78 Å². The molecule has 1 rings (SSSR count). The van der Waals surface area contributed by atoms with E-state index < -0.39 is 57.5 Å². The molecule has 21 heavy (non-hydrogen) atoms. The third-order valence-corrected chi connectivity index (χ3v) is 2.99. The zero-order chi connectivity index (χ0) is 16.4. The minimum absolute atomic E-state index is 1.01. The highest BCUT2D eigenvalue weighted by Gasteiger charge is 2.50. The van der Waals surface area contributed by atoms with Gasteiger partial charge in [0.05, 0.1) is 6.61 Å². The summed E-state index contributed by atoms with van der Waals surface area (Å²) in [5.74, 6) is -3.09. The number of esters is 1. The number of hydrogen-bond donors (Lipinski definition) is 3. The summed E-state index contributed by atoms with van der Waals surface area (Å²) in [6, 6.07) is 0. The minimum atomic E-state index is -5.34. The smallest absolute Gasteiger partial charge is 0.428 e. The van der Waals surface area contributed by atoms with Crippen LogP contribution in [0.25, 0.3) is 0 Å². The van der Waals surface area contributed by atoms with Crippen LogP contribution in [0.4, 0.5) is 0 Å². The Bertz CT molecular complexity index is 617. The van der Waals surface area contributed by atoms with E-state index in [1.165, 1.54) is 0 Å². The summed E-state index contributed by atoms with van der Waals surface area (Å²) >= 11 is 0. The molecule has 0 spiro atoms. The van der Waals surface area contributed by atoms with Gasteiger partial charge in [0.2, 0.25) is 0 Å². The van der Waals surface area contributed by atoms with Gasteiger partial charge in [-0.05, 0) is 0 Å². The summed E-state index contributed by atoms with van der Waals surface area (Å²) in [6.07, 6.45) is -5.98. The van der Waals surface area contributed by atoms with Gasteiger partial charge in [0, 0.05) is 0 Å². The maximum Gasteiger partial charge on any atom is 0.428 e. The van der Waals surface area contributed by atoms with Crippen LogP contribution in [-0.2, 0) is 48.0 Å². The number of ketones is 1. The number of carbonyl (C=O) groups is 2. The Balaban J connectivity index is 2.87. The summed E-state index contributed by atoms with van der Waals surface area (Å²) in [5.41, 5.74) is 0. The van der Waals surface area contributed by atoms with E-state index in [0.717, 1.165) is 0 Å². The number of carbonyl (C=O) groups excluding carboxylic acids is 2. The molecule has 0 aromatic rings. The van der Waals surface area contributed by atoms with Crippen molar-refractivity contribution in [3.05, 3.63) is 0 Å². The molecule has 0 aromatic carbocycles. The van der Waals surface area contributed by atoms with Crippen molar-refractivity contribution >= 4 is 32.6 Å². The highest BCUT2D eigenvalue weighted by molar-refractivity contribution is 7.83. The summed E-state index contributed by atoms with van der Waals surface area (Å²) in [7, 11) is -10.6. The van der Waals surface area contributed by atoms with E-state index in [1.807, 2.05) is 0 Å². The summed E-state index contributed by atoms with van der Waals surface area (Å²) in [5, 5.41) is 17.9. The Kier molecular flexibility index (Phi) is 5.34. The first kappa shape index (κ1) is 17.9. The fourth-order valence-corrected chi connectivity index (χ4v) is 2.24. The average Bonchev–Trinajstić information content (AvgIpc) is 2.63.